The summed E-state index contributed by atoms with van der Waals surface area (Å²) in [6.45, 7) is 5.34. The fraction of sp³-hybridized carbons (Fsp3) is 1.00. The van der Waals surface area contributed by atoms with E-state index >= 15 is 0 Å². The summed E-state index contributed by atoms with van der Waals surface area (Å²) in [7, 11) is 0. The highest BCUT2D eigenvalue weighted by molar-refractivity contribution is 14.1. The van der Waals surface area contributed by atoms with Crippen LogP contribution in [0.25, 0.3) is 0 Å². The summed E-state index contributed by atoms with van der Waals surface area (Å²) in [6.07, 6.45) is 1.59. The molecule has 1 heteroatoms. The van der Waals surface area contributed by atoms with Crippen LogP contribution in [0.5, 0.6) is 0 Å². The number of halogens is 1. The second-order valence-electron chi connectivity index (χ2n) is 22.2. The number of hydrogen-bond donors (Lipinski definition) is 0. The van der Waals surface area contributed by atoms with Gasteiger partial charge in [0.15, 0.2) is 0 Å². The minimum Gasteiger partial charge on any atom is -0.0823 e. The number of alkyl halides is 1. The lowest BCUT2D eigenvalue weighted by molar-refractivity contribution is -0.536. The van der Waals surface area contributed by atoms with Gasteiger partial charge in [0.1, 0.15) is 0 Å². The second kappa shape index (κ2) is 5.06. The van der Waals surface area contributed by atoms with Crippen LogP contribution in [0, 0.1) is 213 Å². The molecule has 0 aromatic heterocycles. The van der Waals surface area contributed by atoms with Crippen LogP contribution < -0.4 is 0 Å². The first-order chi connectivity index (χ1) is 20.2. The highest BCUT2D eigenvalue weighted by atomic mass is 127. The normalized spacial score (nSPS) is 98.3. The first-order valence-corrected chi connectivity index (χ1v) is 21.1. The average molecular weight is 653 g/mol. The predicted molar refractivity (Wildman–Crippen MR) is 159 cm³/mol. The van der Waals surface area contributed by atoms with Crippen LogP contribution in [0.4, 0.5) is 0 Å². The molecular formula is C40H45I. The van der Waals surface area contributed by atoms with Gasteiger partial charge in [-0.1, -0.05) is 36.4 Å². The Morgan fingerprint density at radius 1 is 0.268 bits per heavy atom. The van der Waals surface area contributed by atoms with Crippen LogP contribution in [-0.4, -0.2) is 3.92 Å². The minimum absolute atomic E-state index is 1.07. The standard InChI is InChI=1S/C40H45I/c1-4-8(6-3-7(6)41)12-11(4)15-16(12)20-19(15)23-24(20)28-27(23)31-32(28)36-35(31)39-37-33-29-25-21-17-13-9-5(2)10(9)14(13)18(17)22(21)26(25)30(29)34(33)38(37)40(36)39/h4-40H,3H2,1-2H3/t4?,5?,6?,7?,8?,9?,10-,11?,12?,13?,14?,15?,16?,17?,18?,19?,20?,21?,22?,23?,24?,25?,26?,27?,28?,29?,30?,31?,32?,33?,34?,35?,36?,37?,38?,39?,40?/m0/s1. The SMILES string of the molecule is CC1C(C2CC2I)C2C1C1C2C2C1C1C2C2C1C1C2C2C1C1C2C2C1C1C2C2C1C1C2C2C1C1C2C2C1C1C(C)[C@H]21. The van der Waals surface area contributed by atoms with Gasteiger partial charge in [0.05, 0.1) is 0 Å². The Hall–Kier alpha value is 0.730. The van der Waals surface area contributed by atoms with E-state index < -0.39 is 0 Å². The molecule has 212 valence electrons. The van der Waals surface area contributed by atoms with Crippen molar-refractivity contribution in [3.05, 3.63) is 0 Å². The Balaban J connectivity index is 0.624. The summed E-state index contributed by atoms with van der Waals surface area (Å²) in [4.78, 5) is 0. The molecule has 18 rings (SSSR count). The number of hydrogen-bond acceptors (Lipinski definition) is 0. The van der Waals surface area contributed by atoms with Crippen LogP contribution in [0.1, 0.15) is 20.3 Å². The number of rotatable bonds is 1. The van der Waals surface area contributed by atoms with Gasteiger partial charge >= 0.3 is 0 Å². The Labute approximate surface area is 258 Å². The molecular weight excluding hydrogens is 607 g/mol. The molecule has 0 bridgehead atoms. The van der Waals surface area contributed by atoms with Crippen molar-refractivity contribution in [3.8, 4) is 0 Å². The maximum atomic E-state index is 2.80. The van der Waals surface area contributed by atoms with E-state index in [1.54, 1.807) is 6.42 Å². The van der Waals surface area contributed by atoms with Crippen LogP contribution in [-0.2, 0) is 0 Å². The molecule has 37 atom stereocenters. The summed E-state index contributed by atoms with van der Waals surface area (Å²) in [5.74, 6) is 46.2. The zero-order valence-electron chi connectivity index (χ0n) is 24.4. The summed E-state index contributed by atoms with van der Waals surface area (Å²) in [6, 6.07) is 0. The first kappa shape index (κ1) is 20.1. The molecule has 0 spiro atoms. The smallest absolute Gasteiger partial charge is 0.0144 e. The molecule has 18 aliphatic carbocycles. The Morgan fingerprint density at radius 2 is 0.415 bits per heavy atom. The van der Waals surface area contributed by atoms with E-state index in [1.807, 2.05) is 0 Å². The third-order valence-electron chi connectivity index (χ3n) is 24.4. The van der Waals surface area contributed by atoms with Gasteiger partial charge in [0.2, 0.25) is 0 Å². The molecule has 0 aliphatic heterocycles. The van der Waals surface area contributed by atoms with Gasteiger partial charge in [-0.3, -0.25) is 0 Å². The summed E-state index contributed by atoms with van der Waals surface area (Å²) >= 11 is 2.80. The van der Waals surface area contributed by atoms with Crippen molar-refractivity contribution < 1.29 is 0 Å². The van der Waals surface area contributed by atoms with Crippen molar-refractivity contribution >= 4 is 22.6 Å². The van der Waals surface area contributed by atoms with Crippen molar-refractivity contribution in [2.24, 2.45) is 213 Å². The first-order valence-electron chi connectivity index (χ1n) is 19.9. The van der Waals surface area contributed by atoms with E-state index in [4.69, 9.17) is 0 Å². The summed E-state index contributed by atoms with van der Waals surface area (Å²) < 4.78 is 1.07. The maximum Gasteiger partial charge on any atom is 0.0144 e. The lowest BCUT2D eigenvalue weighted by Gasteiger charge is -3.00. The molecule has 0 radical (unpaired) electrons. The van der Waals surface area contributed by atoms with Crippen molar-refractivity contribution in [1.82, 2.24) is 0 Å². The third kappa shape index (κ3) is 1.35. The van der Waals surface area contributed by atoms with Crippen LogP contribution in [0.15, 0.2) is 0 Å². The highest BCUT2D eigenvalue weighted by Crippen LogP contribution is 3.01. The molecule has 0 aromatic rings. The van der Waals surface area contributed by atoms with Gasteiger partial charge in [-0.25, -0.2) is 0 Å². The predicted octanol–water partition coefficient (Wildman–Crippen LogP) is 6.65. The molecule has 41 heavy (non-hydrogen) atoms. The maximum absolute atomic E-state index is 2.80. The van der Waals surface area contributed by atoms with Crippen LogP contribution >= 0.6 is 22.6 Å². The van der Waals surface area contributed by atoms with Gasteiger partial charge < -0.3 is 0 Å². The molecule has 0 heterocycles. The van der Waals surface area contributed by atoms with Crippen LogP contribution in [0.2, 0.25) is 0 Å². The van der Waals surface area contributed by atoms with Gasteiger partial charge in [-0.05, 0) is 219 Å². The lowest BCUT2D eigenvalue weighted by atomic mass is 9.04. The molecule has 18 aliphatic rings. The quantitative estimate of drug-likeness (QED) is 0.169. The summed E-state index contributed by atoms with van der Waals surface area (Å²) in [5, 5.41) is 0. The third-order valence-corrected chi connectivity index (χ3v) is 25.9. The van der Waals surface area contributed by atoms with Crippen molar-refractivity contribution in [1.29, 1.82) is 0 Å². The van der Waals surface area contributed by atoms with Gasteiger partial charge in [0.25, 0.3) is 0 Å². The fourth-order valence-electron chi connectivity index (χ4n) is 24.6. The lowest BCUT2D eigenvalue weighted by Crippen LogP contribution is -2.97. The molecule has 0 N–H and O–H groups in total. The van der Waals surface area contributed by atoms with Gasteiger partial charge in [-0.2, -0.15) is 0 Å². The van der Waals surface area contributed by atoms with E-state index in [-0.39, 0.29) is 0 Å². The Kier molecular flexibility index (Phi) is 2.48. The highest BCUT2D eigenvalue weighted by Gasteiger charge is 2.98. The molecule has 0 amide bonds. The van der Waals surface area contributed by atoms with E-state index in [0.717, 1.165) is 21.7 Å². The molecule has 18 saturated carbocycles. The molecule has 36 unspecified atom stereocenters. The van der Waals surface area contributed by atoms with Gasteiger partial charge in [0, 0.05) is 3.92 Å². The van der Waals surface area contributed by atoms with E-state index in [9.17, 15) is 0 Å². The Bertz CT molecular complexity index is 1530. The molecule has 0 aromatic carbocycles. The molecule has 0 saturated heterocycles. The van der Waals surface area contributed by atoms with E-state index in [0.29, 0.717) is 0 Å². The largest absolute Gasteiger partial charge is 0.0823 e. The zero-order valence-corrected chi connectivity index (χ0v) is 26.6. The van der Waals surface area contributed by atoms with Crippen molar-refractivity contribution in [3.63, 3.8) is 0 Å². The zero-order chi connectivity index (χ0) is 25.1. The van der Waals surface area contributed by atoms with E-state index in [1.165, 1.54) is 195 Å². The fourth-order valence-corrected chi connectivity index (χ4v) is 25.6. The average Bonchev–Trinajstić information content (AvgIpc) is 3.76. The van der Waals surface area contributed by atoms with Crippen LogP contribution in [0.3, 0.4) is 0 Å². The van der Waals surface area contributed by atoms with E-state index in [2.05, 4.69) is 36.4 Å². The monoisotopic (exact) mass is 652 g/mol. The topological polar surface area (TPSA) is 0 Å². The Morgan fingerprint density at radius 3 is 0.634 bits per heavy atom. The number of fused-ring (bicyclic) bond motifs is 46. The van der Waals surface area contributed by atoms with Crippen molar-refractivity contribution in [2.75, 3.05) is 0 Å². The summed E-state index contributed by atoms with van der Waals surface area (Å²) in [5.41, 5.74) is 0. The molecule has 18 fully saturated rings. The second-order valence-corrected chi connectivity index (χ2v) is 23.8. The minimum atomic E-state index is 1.07. The molecule has 0 nitrogen and oxygen atoms in total. The van der Waals surface area contributed by atoms with Crippen molar-refractivity contribution in [2.45, 2.75) is 24.2 Å². The van der Waals surface area contributed by atoms with Gasteiger partial charge in [-0.15, -0.1) is 0 Å².